The van der Waals surface area contributed by atoms with Crippen molar-refractivity contribution in [3.8, 4) is 0 Å². The van der Waals surface area contributed by atoms with Crippen molar-refractivity contribution < 1.29 is 0 Å². The van der Waals surface area contributed by atoms with Gasteiger partial charge in [-0.3, -0.25) is 4.98 Å². The summed E-state index contributed by atoms with van der Waals surface area (Å²) in [6.07, 6.45) is 2.73. The Balaban J connectivity index is 1.90. The maximum absolute atomic E-state index is 5.83. The fourth-order valence-electron chi connectivity index (χ4n) is 2.28. The Labute approximate surface area is 132 Å². The van der Waals surface area contributed by atoms with E-state index in [0.717, 1.165) is 35.1 Å². The Kier molecular flexibility index (Phi) is 4.13. The van der Waals surface area contributed by atoms with Gasteiger partial charge >= 0.3 is 0 Å². The lowest BCUT2D eigenvalue weighted by atomic mass is 10.1. The molecule has 0 aliphatic carbocycles. The van der Waals surface area contributed by atoms with Gasteiger partial charge in [-0.2, -0.15) is 0 Å². The molecular formula is C16H15N3S2. The maximum atomic E-state index is 5.83. The Morgan fingerprint density at radius 1 is 1.24 bits per heavy atom. The lowest BCUT2D eigenvalue weighted by Gasteiger charge is -2.13. The summed E-state index contributed by atoms with van der Waals surface area (Å²) in [7, 11) is 0. The van der Waals surface area contributed by atoms with Crippen molar-refractivity contribution in [2.75, 3.05) is 11.9 Å². The van der Waals surface area contributed by atoms with Crippen molar-refractivity contribution in [3.05, 3.63) is 58.4 Å². The normalized spacial score (nSPS) is 10.7. The van der Waals surface area contributed by atoms with Gasteiger partial charge in [-0.05, 0) is 23.9 Å². The average molecular weight is 313 g/mol. The minimum absolute atomic E-state index is 0.367. The number of rotatable bonds is 5. The van der Waals surface area contributed by atoms with Crippen molar-refractivity contribution in [3.63, 3.8) is 0 Å². The molecule has 0 amide bonds. The van der Waals surface area contributed by atoms with Crippen LogP contribution in [0.25, 0.3) is 10.9 Å². The molecule has 0 aliphatic heterocycles. The first-order valence-electron chi connectivity index (χ1n) is 6.69. The molecule has 106 valence electrons. The minimum atomic E-state index is 0.367. The maximum Gasteiger partial charge on any atom is 0.107 e. The second-order valence-corrected chi connectivity index (χ2v) is 6.16. The molecule has 0 fully saturated rings. The molecule has 0 saturated carbocycles. The van der Waals surface area contributed by atoms with E-state index in [-0.39, 0.29) is 0 Å². The third-order valence-corrected chi connectivity index (χ3v) is 4.45. The van der Waals surface area contributed by atoms with Gasteiger partial charge in [0.2, 0.25) is 0 Å². The van der Waals surface area contributed by atoms with Crippen LogP contribution < -0.4 is 11.1 Å². The van der Waals surface area contributed by atoms with Gasteiger partial charge in [0.1, 0.15) is 4.99 Å². The van der Waals surface area contributed by atoms with Gasteiger partial charge in [-0.15, -0.1) is 11.3 Å². The van der Waals surface area contributed by atoms with Gasteiger partial charge in [0.25, 0.3) is 0 Å². The zero-order valence-electron chi connectivity index (χ0n) is 11.4. The number of anilines is 1. The zero-order chi connectivity index (χ0) is 14.7. The van der Waals surface area contributed by atoms with E-state index in [1.165, 1.54) is 4.88 Å². The van der Waals surface area contributed by atoms with Gasteiger partial charge in [0, 0.05) is 23.0 Å². The summed E-state index contributed by atoms with van der Waals surface area (Å²) < 4.78 is 0. The highest BCUT2D eigenvalue weighted by atomic mass is 32.1. The summed E-state index contributed by atoms with van der Waals surface area (Å²) in [5.41, 5.74) is 8.54. The van der Waals surface area contributed by atoms with Crippen molar-refractivity contribution in [2.45, 2.75) is 6.42 Å². The zero-order valence-corrected chi connectivity index (χ0v) is 13.0. The largest absolute Gasteiger partial charge is 0.389 e. The highest BCUT2D eigenvalue weighted by Gasteiger charge is 2.10. The van der Waals surface area contributed by atoms with Crippen molar-refractivity contribution in [1.82, 2.24) is 4.98 Å². The molecule has 0 atom stereocenters. The molecule has 3 aromatic rings. The quantitative estimate of drug-likeness (QED) is 0.707. The summed E-state index contributed by atoms with van der Waals surface area (Å²) in [4.78, 5) is 6.14. The van der Waals surface area contributed by atoms with E-state index < -0.39 is 0 Å². The van der Waals surface area contributed by atoms with Gasteiger partial charge in [0.05, 0.1) is 16.8 Å². The Hall–Kier alpha value is -1.98. The van der Waals surface area contributed by atoms with Crippen molar-refractivity contribution >= 4 is 45.1 Å². The van der Waals surface area contributed by atoms with Gasteiger partial charge in [-0.1, -0.05) is 36.5 Å². The second-order valence-electron chi connectivity index (χ2n) is 4.68. The topological polar surface area (TPSA) is 50.9 Å². The number of thiophene rings is 1. The van der Waals surface area contributed by atoms with Crippen LogP contribution in [-0.4, -0.2) is 16.5 Å². The lowest BCUT2D eigenvalue weighted by molar-refractivity contribution is 1.05. The number of hydrogen-bond donors (Lipinski definition) is 2. The van der Waals surface area contributed by atoms with Crippen LogP contribution in [0.15, 0.2) is 48.0 Å². The molecule has 5 heteroatoms. The third kappa shape index (κ3) is 3.04. The molecular weight excluding hydrogens is 298 g/mol. The molecule has 0 saturated heterocycles. The van der Waals surface area contributed by atoms with E-state index >= 15 is 0 Å². The fourth-order valence-corrected chi connectivity index (χ4v) is 3.15. The molecule has 3 nitrogen and oxygen atoms in total. The first-order valence-corrected chi connectivity index (χ1v) is 7.98. The highest BCUT2D eigenvalue weighted by molar-refractivity contribution is 7.80. The summed E-state index contributed by atoms with van der Waals surface area (Å²) in [6.45, 7) is 0.837. The van der Waals surface area contributed by atoms with Gasteiger partial charge < -0.3 is 11.1 Å². The first-order chi connectivity index (χ1) is 10.3. The lowest BCUT2D eigenvalue weighted by Crippen LogP contribution is -2.15. The number of thiocarbonyl (C=S) groups is 1. The first kappa shape index (κ1) is 14.0. The minimum Gasteiger partial charge on any atom is -0.389 e. The molecule has 0 radical (unpaired) electrons. The third-order valence-electron chi connectivity index (χ3n) is 3.29. The van der Waals surface area contributed by atoms with Crippen molar-refractivity contribution in [1.29, 1.82) is 0 Å². The van der Waals surface area contributed by atoms with E-state index in [1.807, 2.05) is 24.3 Å². The SMILES string of the molecule is NC(=S)c1cnc2ccccc2c1NCCc1cccs1. The van der Waals surface area contributed by atoms with Crippen LogP contribution in [0.4, 0.5) is 5.69 Å². The van der Waals surface area contributed by atoms with E-state index in [1.54, 1.807) is 17.5 Å². The molecule has 0 bridgehead atoms. The van der Waals surface area contributed by atoms with Crippen LogP contribution >= 0.6 is 23.6 Å². The van der Waals surface area contributed by atoms with E-state index in [9.17, 15) is 0 Å². The Bertz CT molecular complexity index is 766. The molecule has 0 spiro atoms. The standard InChI is InChI=1S/C16H15N3S2/c17-16(20)13-10-19-14-6-2-1-5-12(14)15(13)18-8-7-11-4-3-9-21-11/h1-6,9-10H,7-8H2,(H2,17,20)(H,18,19). The molecule has 0 unspecified atom stereocenters. The van der Waals surface area contributed by atoms with E-state index in [4.69, 9.17) is 18.0 Å². The monoisotopic (exact) mass is 313 g/mol. The fraction of sp³-hybridized carbons (Fsp3) is 0.125. The molecule has 0 aliphatic rings. The van der Waals surface area contributed by atoms with Gasteiger partial charge in [-0.25, -0.2) is 0 Å². The van der Waals surface area contributed by atoms with Crippen molar-refractivity contribution in [2.24, 2.45) is 5.73 Å². The van der Waals surface area contributed by atoms with Crippen LogP contribution in [0.2, 0.25) is 0 Å². The summed E-state index contributed by atoms with van der Waals surface area (Å²) in [5, 5.41) is 6.62. The van der Waals surface area contributed by atoms with Gasteiger partial charge in [0.15, 0.2) is 0 Å². The molecule has 2 heterocycles. The van der Waals surface area contributed by atoms with Crippen LogP contribution in [0, 0.1) is 0 Å². The highest BCUT2D eigenvalue weighted by Crippen LogP contribution is 2.26. The average Bonchev–Trinajstić information content (AvgIpc) is 3.00. The smallest absolute Gasteiger partial charge is 0.107 e. The number of pyridine rings is 1. The van der Waals surface area contributed by atoms with E-state index in [0.29, 0.717) is 4.99 Å². The van der Waals surface area contributed by atoms with Crippen LogP contribution in [-0.2, 0) is 6.42 Å². The number of nitrogens with two attached hydrogens (primary N) is 1. The predicted octanol–water partition coefficient (Wildman–Crippen LogP) is 3.59. The van der Waals surface area contributed by atoms with E-state index in [2.05, 4.69) is 27.8 Å². The molecule has 3 rings (SSSR count). The number of benzene rings is 1. The summed E-state index contributed by atoms with van der Waals surface area (Å²) >= 11 is 6.91. The number of nitrogens with zero attached hydrogens (tertiary/aromatic N) is 1. The predicted molar refractivity (Wildman–Crippen MR) is 94.1 cm³/mol. The molecule has 21 heavy (non-hydrogen) atoms. The Morgan fingerprint density at radius 2 is 2.10 bits per heavy atom. The number of fused-ring (bicyclic) bond motifs is 1. The van der Waals surface area contributed by atoms with Crippen LogP contribution in [0.3, 0.4) is 0 Å². The number of aromatic nitrogens is 1. The molecule has 3 N–H and O–H groups in total. The number of hydrogen-bond acceptors (Lipinski definition) is 4. The molecule has 1 aromatic carbocycles. The van der Waals surface area contributed by atoms with Crippen LogP contribution in [0.1, 0.15) is 10.4 Å². The number of para-hydroxylation sites is 1. The second kappa shape index (κ2) is 6.20. The summed E-state index contributed by atoms with van der Waals surface area (Å²) in [5.74, 6) is 0. The Morgan fingerprint density at radius 3 is 2.86 bits per heavy atom. The molecule has 2 aromatic heterocycles. The van der Waals surface area contributed by atoms with Crippen LogP contribution in [0.5, 0.6) is 0 Å². The summed E-state index contributed by atoms with van der Waals surface area (Å²) in [6, 6.07) is 12.2. The number of nitrogens with one attached hydrogen (secondary N) is 1.